The lowest BCUT2D eigenvalue weighted by Crippen LogP contribution is -2.32. The lowest BCUT2D eigenvalue weighted by Gasteiger charge is -2.15. The van der Waals surface area contributed by atoms with E-state index in [1.165, 1.54) is 0 Å². The van der Waals surface area contributed by atoms with Crippen LogP contribution < -0.4 is 4.72 Å². The summed E-state index contributed by atoms with van der Waals surface area (Å²) in [6, 6.07) is -0.316. The van der Waals surface area contributed by atoms with E-state index in [0.29, 0.717) is 12.2 Å². The molecule has 0 aliphatic rings. The van der Waals surface area contributed by atoms with Crippen LogP contribution in [-0.4, -0.2) is 36.8 Å². The molecule has 0 aliphatic heterocycles. The number of H-pyrrole nitrogens is 1. The maximum Gasteiger partial charge on any atom is 0.214 e. The van der Waals surface area contributed by atoms with E-state index < -0.39 is 10.0 Å². The van der Waals surface area contributed by atoms with Crippen LogP contribution in [0.25, 0.3) is 0 Å². The molecule has 6 nitrogen and oxygen atoms in total. The summed E-state index contributed by atoms with van der Waals surface area (Å²) < 4.78 is 31.5. The normalized spacial score (nSPS) is 14.0. The summed E-state index contributed by atoms with van der Waals surface area (Å²) in [6.45, 7) is 5.84. The minimum absolute atomic E-state index is 0.0345. The first kappa shape index (κ1) is 15.1. The number of sulfonamides is 1. The molecule has 1 heterocycles. The van der Waals surface area contributed by atoms with Crippen LogP contribution in [0, 0.1) is 0 Å². The zero-order valence-corrected chi connectivity index (χ0v) is 11.8. The van der Waals surface area contributed by atoms with Crippen molar-refractivity contribution in [1.82, 2.24) is 14.7 Å². The van der Waals surface area contributed by atoms with Crippen molar-refractivity contribution in [2.45, 2.75) is 39.3 Å². The summed E-state index contributed by atoms with van der Waals surface area (Å²) in [6.07, 6.45) is 3.95. The highest BCUT2D eigenvalue weighted by Gasteiger charge is 2.19. The number of hydrogen-bond acceptors (Lipinski definition) is 4. The van der Waals surface area contributed by atoms with Crippen molar-refractivity contribution in [3.05, 3.63) is 18.2 Å². The lowest BCUT2D eigenvalue weighted by atomic mass is 10.2. The number of ether oxygens (including phenoxy) is 1. The van der Waals surface area contributed by atoms with E-state index in [1.54, 1.807) is 12.4 Å². The van der Waals surface area contributed by atoms with Gasteiger partial charge in [0.2, 0.25) is 10.0 Å². The van der Waals surface area contributed by atoms with Gasteiger partial charge in [-0.15, -0.1) is 0 Å². The van der Waals surface area contributed by atoms with E-state index in [-0.39, 0.29) is 24.5 Å². The lowest BCUT2D eigenvalue weighted by molar-refractivity contribution is 0.0911. The summed E-state index contributed by atoms with van der Waals surface area (Å²) in [7, 11) is -3.35. The summed E-state index contributed by atoms with van der Waals surface area (Å²) in [5.41, 5.74) is 0. The van der Waals surface area contributed by atoms with E-state index in [0.717, 1.165) is 0 Å². The maximum absolute atomic E-state index is 11.8. The molecule has 0 saturated carbocycles. The molecule has 0 saturated heterocycles. The average Bonchev–Trinajstić information content (AvgIpc) is 2.78. The van der Waals surface area contributed by atoms with Gasteiger partial charge in [0, 0.05) is 12.4 Å². The predicted molar refractivity (Wildman–Crippen MR) is 69.6 cm³/mol. The van der Waals surface area contributed by atoms with Gasteiger partial charge in [-0.25, -0.2) is 18.1 Å². The van der Waals surface area contributed by atoms with E-state index in [1.807, 2.05) is 20.8 Å². The molecule has 7 heteroatoms. The molecule has 0 aliphatic carbocycles. The SMILES string of the molecule is CCC(NS(=O)(=O)CCOC(C)C)c1ncc[nH]1. The first-order valence-electron chi connectivity index (χ1n) is 6.05. The third kappa shape index (κ3) is 5.16. The molecule has 0 fully saturated rings. The molecule has 104 valence electrons. The summed E-state index contributed by atoms with van der Waals surface area (Å²) in [5.74, 6) is 0.591. The summed E-state index contributed by atoms with van der Waals surface area (Å²) in [5, 5.41) is 0. The molecule has 0 bridgehead atoms. The topological polar surface area (TPSA) is 84.1 Å². The first-order valence-corrected chi connectivity index (χ1v) is 7.70. The summed E-state index contributed by atoms with van der Waals surface area (Å²) >= 11 is 0. The molecule has 1 unspecified atom stereocenters. The van der Waals surface area contributed by atoms with Crippen LogP contribution in [-0.2, 0) is 14.8 Å². The van der Waals surface area contributed by atoms with Crippen molar-refractivity contribution in [3.63, 3.8) is 0 Å². The highest BCUT2D eigenvalue weighted by atomic mass is 32.2. The number of hydrogen-bond donors (Lipinski definition) is 2. The molecule has 1 atom stereocenters. The van der Waals surface area contributed by atoms with Gasteiger partial charge in [-0.3, -0.25) is 0 Å². The minimum Gasteiger partial charge on any atom is -0.378 e. The van der Waals surface area contributed by atoms with E-state index in [4.69, 9.17) is 4.74 Å². The summed E-state index contributed by atoms with van der Waals surface area (Å²) in [4.78, 5) is 6.98. The molecule has 2 N–H and O–H groups in total. The number of imidazole rings is 1. The second-order valence-electron chi connectivity index (χ2n) is 4.29. The second-order valence-corrected chi connectivity index (χ2v) is 6.16. The first-order chi connectivity index (χ1) is 8.44. The van der Waals surface area contributed by atoms with Gasteiger partial charge in [-0.1, -0.05) is 6.92 Å². The van der Waals surface area contributed by atoms with Crippen LogP contribution in [0.4, 0.5) is 0 Å². The van der Waals surface area contributed by atoms with Crippen LogP contribution in [0.1, 0.15) is 39.1 Å². The Kier molecular flexibility index (Phi) is 5.77. The quantitative estimate of drug-likeness (QED) is 0.747. The Balaban J connectivity index is 2.53. The zero-order valence-electron chi connectivity index (χ0n) is 11.0. The highest BCUT2D eigenvalue weighted by molar-refractivity contribution is 7.89. The highest BCUT2D eigenvalue weighted by Crippen LogP contribution is 2.12. The number of nitrogens with one attached hydrogen (secondary N) is 2. The fraction of sp³-hybridized carbons (Fsp3) is 0.727. The van der Waals surface area contributed by atoms with Crippen molar-refractivity contribution >= 4 is 10.0 Å². The molecule has 0 aromatic carbocycles. The Hall–Kier alpha value is -0.920. The Morgan fingerprint density at radius 1 is 1.50 bits per heavy atom. The van der Waals surface area contributed by atoms with Crippen LogP contribution in [0.15, 0.2) is 12.4 Å². The molecule has 0 radical (unpaired) electrons. The molecule has 1 rings (SSSR count). The smallest absolute Gasteiger partial charge is 0.214 e. The third-order valence-corrected chi connectivity index (χ3v) is 3.73. The van der Waals surface area contributed by atoms with Gasteiger partial charge in [0.05, 0.1) is 24.5 Å². The third-order valence-electron chi connectivity index (χ3n) is 2.38. The van der Waals surface area contributed by atoms with Gasteiger partial charge in [0.1, 0.15) is 5.82 Å². The van der Waals surface area contributed by atoms with Crippen LogP contribution in [0.5, 0.6) is 0 Å². The minimum atomic E-state index is -3.35. The van der Waals surface area contributed by atoms with Crippen LogP contribution in [0.3, 0.4) is 0 Å². The monoisotopic (exact) mass is 275 g/mol. The fourth-order valence-corrected chi connectivity index (χ4v) is 2.62. The van der Waals surface area contributed by atoms with Gasteiger partial charge in [0.25, 0.3) is 0 Å². The molecular formula is C11H21N3O3S. The van der Waals surface area contributed by atoms with Gasteiger partial charge >= 0.3 is 0 Å². The number of rotatable bonds is 8. The van der Waals surface area contributed by atoms with Crippen LogP contribution >= 0.6 is 0 Å². The van der Waals surface area contributed by atoms with Gasteiger partial charge < -0.3 is 9.72 Å². The number of aromatic amines is 1. The second kappa shape index (κ2) is 6.86. The Morgan fingerprint density at radius 3 is 2.72 bits per heavy atom. The molecule has 0 amide bonds. The molecule has 1 aromatic heterocycles. The Labute approximate surface area is 108 Å². The average molecular weight is 275 g/mol. The molecule has 0 spiro atoms. The molecule has 1 aromatic rings. The van der Waals surface area contributed by atoms with Crippen molar-refractivity contribution < 1.29 is 13.2 Å². The number of aromatic nitrogens is 2. The predicted octanol–water partition coefficient (Wildman–Crippen LogP) is 1.21. The van der Waals surface area contributed by atoms with E-state index >= 15 is 0 Å². The fourth-order valence-electron chi connectivity index (χ4n) is 1.47. The zero-order chi connectivity index (χ0) is 13.6. The molecule has 18 heavy (non-hydrogen) atoms. The largest absolute Gasteiger partial charge is 0.378 e. The van der Waals surface area contributed by atoms with Crippen molar-refractivity contribution in [2.24, 2.45) is 0 Å². The number of nitrogens with zero attached hydrogens (tertiary/aromatic N) is 1. The van der Waals surface area contributed by atoms with E-state index in [9.17, 15) is 8.42 Å². The standard InChI is InChI=1S/C11H21N3O3S/c1-4-10(11-12-5-6-13-11)14-18(15,16)8-7-17-9(2)3/h5-6,9-10,14H,4,7-8H2,1-3H3,(H,12,13). The van der Waals surface area contributed by atoms with Crippen molar-refractivity contribution in [2.75, 3.05) is 12.4 Å². The Bertz CT molecular complexity index is 428. The van der Waals surface area contributed by atoms with Gasteiger partial charge in [-0.2, -0.15) is 0 Å². The van der Waals surface area contributed by atoms with Crippen molar-refractivity contribution in [3.8, 4) is 0 Å². The Morgan fingerprint density at radius 2 is 2.22 bits per heavy atom. The van der Waals surface area contributed by atoms with Gasteiger partial charge in [0.15, 0.2) is 0 Å². The molecular weight excluding hydrogens is 254 g/mol. The van der Waals surface area contributed by atoms with Crippen molar-refractivity contribution in [1.29, 1.82) is 0 Å². The maximum atomic E-state index is 11.8. The van der Waals surface area contributed by atoms with E-state index in [2.05, 4.69) is 14.7 Å². The van der Waals surface area contributed by atoms with Crippen LogP contribution in [0.2, 0.25) is 0 Å². The van der Waals surface area contributed by atoms with Gasteiger partial charge in [-0.05, 0) is 20.3 Å².